The molecular weight excluding hydrogens is 479 g/mol. The molecule has 2 aromatic carbocycles. The number of halogens is 2. The number of carbonyl (C=O) groups is 1. The summed E-state index contributed by atoms with van der Waals surface area (Å²) in [5.41, 5.74) is 3.15. The van der Waals surface area contributed by atoms with Gasteiger partial charge in [0.1, 0.15) is 18.4 Å². The smallest absolute Gasteiger partial charge is 0.227 e. The molecule has 3 aromatic rings. The number of fused-ring (bicyclic) bond motifs is 1. The van der Waals surface area contributed by atoms with Crippen molar-refractivity contribution in [1.29, 1.82) is 0 Å². The molecule has 33 heavy (non-hydrogen) atoms. The molecule has 1 N–H and O–H groups in total. The Bertz CT molecular complexity index is 1220. The van der Waals surface area contributed by atoms with Crippen molar-refractivity contribution in [3.8, 4) is 5.75 Å². The van der Waals surface area contributed by atoms with E-state index >= 15 is 0 Å². The van der Waals surface area contributed by atoms with E-state index in [4.69, 9.17) is 33.0 Å². The van der Waals surface area contributed by atoms with Gasteiger partial charge in [0, 0.05) is 32.6 Å². The van der Waals surface area contributed by atoms with E-state index in [9.17, 15) is 4.79 Å². The van der Waals surface area contributed by atoms with Crippen LogP contribution >= 0.6 is 35.0 Å². The van der Waals surface area contributed by atoms with Crippen molar-refractivity contribution in [2.75, 3.05) is 11.1 Å². The first kappa shape index (κ1) is 23.7. The van der Waals surface area contributed by atoms with E-state index in [2.05, 4.69) is 17.2 Å². The van der Waals surface area contributed by atoms with Crippen LogP contribution in [-0.2, 0) is 11.4 Å². The van der Waals surface area contributed by atoms with Gasteiger partial charge in [-0.05, 0) is 50.1 Å². The molecule has 1 aliphatic heterocycles. The molecule has 0 fully saturated rings. The number of ketones is 1. The summed E-state index contributed by atoms with van der Waals surface area (Å²) in [6, 6.07) is 12.6. The van der Waals surface area contributed by atoms with Crippen molar-refractivity contribution in [3.05, 3.63) is 74.9 Å². The highest BCUT2D eigenvalue weighted by Gasteiger charge is 2.32. The summed E-state index contributed by atoms with van der Waals surface area (Å²) in [5, 5.41) is 9.76. The minimum atomic E-state index is -0.398. The van der Waals surface area contributed by atoms with Gasteiger partial charge in [-0.2, -0.15) is 4.98 Å². The van der Waals surface area contributed by atoms with Crippen molar-refractivity contribution in [2.45, 2.75) is 45.0 Å². The number of benzene rings is 2. The molecule has 0 aliphatic carbocycles. The number of Topliss-reactive ketones (excluding diaryl/α,β-unsaturated/α-hetero) is 1. The molecule has 4 rings (SSSR count). The van der Waals surface area contributed by atoms with Crippen LogP contribution in [0, 0.1) is 0 Å². The lowest BCUT2D eigenvalue weighted by atomic mass is 9.93. The zero-order chi connectivity index (χ0) is 23.5. The zero-order valence-electron chi connectivity index (χ0n) is 18.6. The maximum Gasteiger partial charge on any atom is 0.227 e. The first-order valence-electron chi connectivity index (χ1n) is 10.6. The molecule has 1 aliphatic rings. The van der Waals surface area contributed by atoms with Gasteiger partial charge >= 0.3 is 0 Å². The third kappa shape index (κ3) is 5.21. The fraction of sp³-hybridized carbons (Fsp3) is 0.292. The number of thioether (sulfide) groups is 1. The van der Waals surface area contributed by atoms with Gasteiger partial charge in [-0.25, -0.2) is 4.68 Å². The number of rotatable bonds is 8. The summed E-state index contributed by atoms with van der Waals surface area (Å²) < 4.78 is 7.81. The summed E-state index contributed by atoms with van der Waals surface area (Å²) in [5.74, 6) is 2.20. The second kappa shape index (κ2) is 10.2. The van der Waals surface area contributed by atoms with Crippen LogP contribution < -0.4 is 10.1 Å². The lowest BCUT2D eigenvalue weighted by molar-refractivity contribution is -0.114. The Morgan fingerprint density at radius 3 is 2.79 bits per heavy atom. The molecule has 0 amide bonds. The van der Waals surface area contributed by atoms with Crippen LogP contribution in [0.5, 0.6) is 5.75 Å². The maximum atomic E-state index is 12.6. The van der Waals surface area contributed by atoms with Crippen LogP contribution in [0.15, 0.2) is 58.9 Å². The highest BCUT2D eigenvalue weighted by atomic mass is 35.5. The monoisotopic (exact) mass is 502 g/mol. The van der Waals surface area contributed by atoms with Gasteiger partial charge in [-0.1, -0.05) is 60.1 Å². The van der Waals surface area contributed by atoms with Gasteiger partial charge in [0.15, 0.2) is 5.78 Å². The van der Waals surface area contributed by atoms with Crippen LogP contribution in [0.4, 0.5) is 5.95 Å². The van der Waals surface area contributed by atoms with Crippen LogP contribution in [0.25, 0.3) is 0 Å². The van der Waals surface area contributed by atoms with E-state index in [-0.39, 0.29) is 5.78 Å². The predicted molar refractivity (Wildman–Crippen MR) is 133 cm³/mol. The molecule has 0 saturated carbocycles. The molecule has 1 atom stereocenters. The van der Waals surface area contributed by atoms with Crippen molar-refractivity contribution in [1.82, 2.24) is 14.8 Å². The Labute approximate surface area is 207 Å². The molecule has 1 aromatic heterocycles. The number of allylic oxidation sites excluding steroid dienone is 2. The highest BCUT2D eigenvalue weighted by Crippen LogP contribution is 2.37. The van der Waals surface area contributed by atoms with E-state index in [0.29, 0.717) is 39.1 Å². The van der Waals surface area contributed by atoms with Crippen LogP contribution in [0.3, 0.4) is 0 Å². The van der Waals surface area contributed by atoms with Crippen molar-refractivity contribution >= 4 is 46.7 Å². The first-order valence-corrected chi connectivity index (χ1v) is 12.4. The number of carbonyl (C=O) groups excluding carboxylic acids is 1. The number of hydrogen-bond acceptors (Lipinski definition) is 6. The number of nitrogens with zero attached hydrogens (tertiary/aromatic N) is 3. The third-order valence-electron chi connectivity index (χ3n) is 5.23. The molecule has 0 spiro atoms. The fourth-order valence-corrected chi connectivity index (χ4v) is 4.87. The standard InChI is InChI=1S/C24H24Cl2N4O2S/c1-4-10-33-24-28-23-27-14(2)21(15(3)31)22(30(23)29-24)16-6-5-7-19(11-16)32-13-17-8-9-18(25)12-20(17)26/h5-9,11-12,22H,4,10,13H2,1-3H3,(H,27,28,29). The minimum absolute atomic E-state index is 0.0202. The highest BCUT2D eigenvalue weighted by molar-refractivity contribution is 7.99. The topological polar surface area (TPSA) is 69.0 Å². The summed E-state index contributed by atoms with van der Waals surface area (Å²) >= 11 is 13.9. The lowest BCUT2D eigenvalue weighted by Crippen LogP contribution is -2.27. The average molecular weight is 503 g/mol. The molecule has 0 saturated heterocycles. The summed E-state index contributed by atoms with van der Waals surface area (Å²) in [7, 11) is 0. The van der Waals surface area contributed by atoms with Gasteiger partial charge in [-0.15, -0.1) is 5.10 Å². The Morgan fingerprint density at radius 1 is 1.24 bits per heavy atom. The van der Waals surface area contributed by atoms with Crippen LogP contribution in [-0.4, -0.2) is 26.3 Å². The first-order chi connectivity index (χ1) is 15.9. The van der Waals surface area contributed by atoms with E-state index < -0.39 is 6.04 Å². The Balaban J connectivity index is 1.66. The molecule has 9 heteroatoms. The Kier molecular flexibility index (Phi) is 7.32. The van der Waals surface area contributed by atoms with E-state index in [0.717, 1.165) is 29.0 Å². The number of ether oxygens (including phenoxy) is 1. The van der Waals surface area contributed by atoms with Gasteiger partial charge in [0.05, 0.1) is 0 Å². The van der Waals surface area contributed by atoms with Crippen molar-refractivity contribution < 1.29 is 9.53 Å². The molecule has 6 nitrogen and oxygen atoms in total. The van der Waals surface area contributed by atoms with E-state index in [1.807, 2.05) is 37.3 Å². The third-order valence-corrected chi connectivity index (χ3v) is 6.86. The summed E-state index contributed by atoms with van der Waals surface area (Å²) in [4.78, 5) is 17.2. The molecule has 0 bridgehead atoms. The van der Waals surface area contributed by atoms with Gasteiger partial charge in [0.2, 0.25) is 11.1 Å². The number of anilines is 1. The Hall–Kier alpha value is -2.48. The fourth-order valence-electron chi connectivity index (χ4n) is 3.72. The quantitative estimate of drug-likeness (QED) is 0.352. The average Bonchev–Trinajstić information content (AvgIpc) is 3.18. The zero-order valence-corrected chi connectivity index (χ0v) is 20.9. The summed E-state index contributed by atoms with van der Waals surface area (Å²) in [6.45, 7) is 5.88. The van der Waals surface area contributed by atoms with E-state index in [1.165, 1.54) is 0 Å². The predicted octanol–water partition coefficient (Wildman–Crippen LogP) is 6.54. The van der Waals surface area contributed by atoms with Gasteiger partial charge in [-0.3, -0.25) is 4.79 Å². The second-order valence-electron chi connectivity index (χ2n) is 7.73. The molecule has 172 valence electrons. The van der Waals surface area contributed by atoms with Crippen LogP contribution in [0.2, 0.25) is 10.0 Å². The molecule has 2 heterocycles. The number of nitrogens with one attached hydrogen (secondary N) is 1. The number of aromatic nitrogens is 3. The normalized spacial score (nSPS) is 15.2. The van der Waals surface area contributed by atoms with Crippen molar-refractivity contribution in [3.63, 3.8) is 0 Å². The molecule has 1 unspecified atom stereocenters. The minimum Gasteiger partial charge on any atom is -0.489 e. The SMILES string of the molecule is CCCSc1nc2n(n1)C(c1cccc(OCc3ccc(Cl)cc3Cl)c1)C(C(C)=O)=C(C)N2. The molecular formula is C24H24Cl2N4O2S. The Morgan fingerprint density at radius 2 is 2.06 bits per heavy atom. The maximum absolute atomic E-state index is 12.6. The largest absolute Gasteiger partial charge is 0.489 e. The summed E-state index contributed by atoms with van der Waals surface area (Å²) in [6.07, 6.45) is 1.03. The lowest BCUT2D eigenvalue weighted by Gasteiger charge is -2.28. The second-order valence-corrected chi connectivity index (χ2v) is 9.64. The van der Waals surface area contributed by atoms with Crippen LogP contribution in [0.1, 0.15) is 44.4 Å². The van der Waals surface area contributed by atoms with Gasteiger partial charge < -0.3 is 10.1 Å². The van der Waals surface area contributed by atoms with Gasteiger partial charge in [0.25, 0.3) is 0 Å². The molecule has 0 radical (unpaired) electrons. The van der Waals surface area contributed by atoms with E-state index in [1.54, 1.807) is 35.5 Å². The number of hydrogen-bond donors (Lipinski definition) is 1. The van der Waals surface area contributed by atoms with Crippen molar-refractivity contribution in [2.24, 2.45) is 0 Å².